The van der Waals surface area contributed by atoms with Crippen molar-refractivity contribution in [3.05, 3.63) is 34.3 Å². The molecule has 26 heavy (non-hydrogen) atoms. The van der Waals surface area contributed by atoms with Crippen LogP contribution in [0.15, 0.2) is 22.7 Å². The van der Waals surface area contributed by atoms with Crippen molar-refractivity contribution in [3.8, 4) is 10.6 Å². The van der Waals surface area contributed by atoms with Crippen LogP contribution in [0.3, 0.4) is 0 Å². The van der Waals surface area contributed by atoms with E-state index in [-0.39, 0.29) is 18.1 Å². The first-order valence-electron chi connectivity index (χ1n) is 8.71. The molecule has 0 N–H and O–H groups in total. The van der Waals surface area contributed by atoms with Crippen molar-refractivity contribution in [2.45, 2.75) is 39.9 Å². The van der Waals surface area contributed by atoms with Gasteiger partial charge < -0.3 is 14.2 Å². The van der Waals surface area contributed by atoms with Crippen molar-refractivity contribution < 1.29 is 14.1 Å². The van der Waals surface area contributed by atoms with Crippen molar-refractivity contribution in [2.75, 3.05) is 13.1 Å². The molecule has 136 valence electrons. The van der Waals surface area contributed by atoms with Gasteiger partial charge in [-0.2, -0.15) is 0 Å². The molecule has 1 amide bonds. The van der Waals surface area contributed by atoms with E-state index < -0.39 is 0 Å². The van der Waals surface area contributed by atoms with Crippen molar-refractivity contribution in [1.29, 1.82) is 0 Å². The average Bonchev–Trinajstić information content (AvgIpc) is 3.19. The zero-order valence-corrected chi connectivity index (χ0v) is 16.1. The quantitative estimate of drug-likeness (QED) is 0.685. The summed E-state index contributed by atoms with van der Waals surface area (Å²) >= 11 is 1.64. The number of hydrogen-bond donors (Lipinski definition) is 0. The zero-order valence-electron chi connectivity index (χ0n) is 15.3. The highest BCUT2D eigenvalue weighted by molar-refractivity contribution is 7.15. The topological polar surface area (TPSA) is 68.5 Å². The Morgan fingerprint density at radius 1 is 1.23 bits per heavy atom. The highest BCUT2D eigenvalue weighted by Gasteiger charge is 2.29. The van der Waals surface area contributed by atoms with E-state index in [1.807, 2.05) is 50.8 Å². The number of rotatable bonds is 2. The second-order valence-corrected chi connectivity index (χ2v) is 8.17. The minimum atomic E-state index is -0.0276. The van der Waals surface area contributed by atoms with E-state index in [9.17, 15) is 4.79 Å². The first-order valence-corrected chi connectivity index (χ1v) is 9.52. The maximum absolute atomic E-state index is 13.3. The summed E-state index contributed by atoms with van der Waals surface area (Å²) in [6.45, 7) is 9.01. The van der Waals surface area contributed by atoms with E-state index in [4.69, 9.17) is 9.26 Å². The Hall–Kier alpha value is -2.25. The highest BCUT2D eigenvalue weighted by atomic mass is 32.1. The number of amides is 1. The summed E-state index contributed by atoms with van der Waals surface area (Å²) in [5, 5.41) is 4.72. The summed E-state index contributed by atoms with van der Waals surface area (Å²) < 4.78 is 11.1. The number of aromatic nitrogens is 2. The molecule has 1 aliphatic rings. The molecule has 3 aromatic heterocycles. The maximum Gasteiger partial charge on any atom is 0.259 e. The number of fused-ring (bicyclic) bond motifs is 1. The Labute approximate surface area is 155 Å². The number of nitrogens with zero attached hydrogens (tertiary/aromatic N) is 3. The van der Waals surface area contributed by atoms with E-state index in [0.29, 0.717) is 35.4 Å². The molecule has 1 aliphatic heterocycles. The van der Waals surface area contributed by atoms with E-state index in [2.05, 4.69) is 10.1 Å². The summed E-state index contributed by atoms with van der Waals surface area (Å²) in [5.41, 5.74) is 2.42. The fraction of sp³-hybridized carbons (Fsp3) is 0.421. The number of carbonyl (C=O) groups excluding carboxylic acids is 1. The molecule has 0 aliphatic carbocycles. The Kier molecular flexibility index (Phi) is 4.28. The lowest BCUT2D eigenvalue weighted by molar-refractivity contribution is -0.0585. The molecule has 6 nitrogen and oxygen atoms in total. The van der Waals surface area contributed by atoms with Gasteiger partial charge in [0.25, 0.3) is 11.6 Å². The number of carbonyl (C=O) groups is 1. The molecule has 4 heterocycles. The molecule has 0 aromatic carbocycles. The van der Waals surface area contributed by atoms with Crippen LogP contribution in [0.5, 0.6) is 0 Å². The molecular weight excluding hydrogens is 350 g/mol. The van der Waals surface area contributed by atoms with Crippen LogP contribution in [-0.2, 0) is 4.74 Å². The Bertz CT molecular complexity index is 968. The van der Waals surface area contributed by atoms with Gasteiger partial charge in [-0.25, -0.2) is 4.98 Å². The van der Waals surface area contributed by atoms with Crippen LogP contribution >= 0.6 is 11.3 Å². The summed E-state index contributed by atoms with van der Waals surface area (Å²) in [6, 6.07) is 5.93. The van der Waals surface area contributed by atoms with Gasteiger partial charge in [0.2, 0.25) is 0 Å². The summed E-state index contributed by atoms with van der Waals surface area (Å²) in [7, 11) is 0. The van der Waals surface area contributed by atoms with E-state index in [1.54, 1.807) is 11.3 Å². The van der Waals surface area contributed by atoms with Gasteiger partial charge in [0.1, 0.15) is 0 Å². The first kappa shape index (κ1) is 17.2. The van der Waals surface area contributed by atoms with Gasteiger partial charge in [0, 0.05) is 18.0 Å². The van der Waals surface area contributed by atoms with Crippen LogP contribution in [0.25, 0.3) is 21.7 Å². The molecule has 2 unspecified atom stereocenters. The van der Waals surface area contributed by atoms with Gasteiger partial charge >= 0.3 is 0 Å². The molecule has 1 saturated heterocycles. The number of pyridine rings is 1. The van der Waals surface area contributed by atoms with E-state index >= 15 is 0 Å². The third kappa shape index (κ3) is 3.01. The lowest BCUT2D eigenvalue weighted by Gasteiger charge is -2.35. The lowest BCUT2D eigenvalue weighted by Crippen LogP contribution is -2.48. The first-order chi connectivity index (χ1) is 12.4. The third-order valence-electron chi connectivity index (χ3n) is 4.55. The van der Waals surface area contributed by atoms with E-state index in [1.165, 1.54) is 4.88 Å². The van der Waals surface area contributed by atoms with Gasteiger partial charge in [-0.1, -0.05) is 5.16 Å². The van der Waals surface area contributed by atoms with Gasteiger partial charge in [0.15, 0.2) is 0 Å². The minimum absolute atomic E-state index is 0.0167. The second kappa shape index (κ2) is 6.48. The monoisotopic (exact) mass is 371 g/mol. The number of morpholine rings is 1. The summed E-state index contributed by atoms with van der Waals surface area (Å²) in [6.07, 6.45) is 0.0334. The van der Waals surface area contributed by atoms with Crippen LogP contribution in [0.1, 0.15) is 34.8 Å². The Morgan fingerprint density at radius 2 is 1.96 bits per heavy atom. The van der Waals surface area contributed by atoms with Crippen LogP contribution in [0.2, 0.25) is 0 Å². The van der Waals surface area contributed by atoms with Gasteiger partial charge in [-0.3, -0.25) is 4.79 Å². The molecule has 0 saturated carbocycles. The molecule has 0 spiro atoms. The van der Waals surface area contributed by atoms with Crippen LogP contribution in [0, 0.1) is 13.8 Å². The van der Waals surface area contributed by atoms with Crippen LogP contribution < -0.4 is 0 Å². The molecule has 1 fully saturated rings. The largest absolute Gasteiger partial charge is 0.372 e. The number of hydrogen-bond acceptors (Lipinski definition) is 6. The summed E-state index contributed by atoms with van der Waals surface area (Å²) in [5.74, 6) is -0.0276. The van der Waals surface area contributed by atoms with Crippen molar-refractivity contribution in [1.82, 2.24) is 15.0 Å². The number of ether oxygens (including phenoxy) is 1. The Morgan fingerprint density at radius 3 is 2.62 bits per heavy atom. The Balaban J connectivity index is 1.82. The SMILES string of the molecule is Cc1ccc(-c2cc(C(=O)N3CC(C)OC(C)C3)c3c(C)noc3n2)s1. The molecule has 4 rings (SSSR count). The maximum atomic E-state index is 13.3. The fourth-order valence-electron chi connectivity index (χ4n) is 3.48. The van der Waals surface area contributed by atoms with Crippen molar-refractivity contribution in [3.63, 3.8) is 0 Å². The molecule has 0 bridgehead atoms. The van der Waals surface area contributed by atoms with Gasteiger partial charge in [-0.05, 0) is 45.9 Å². The van der Waals surface area contributed by atoms with Crippen LogP contribution in [-0.4, -0.2) is 46.2 Å². The zero-order chi connectivity index (χ0) is 18.4. The molecular formula is C19H21N3O3S. The molecule has 7 heteroatoms. The standard InChI is InChI=1S/C19H21N3O3S/c1-10-8-22(9-11(2)24-10)19(23)14-7-15(16-6-5-12(3)26-16)20-18-17(14)13(4)21-25-18/h5-7,10-11H,8-9H2,1-4H3. The highest BCUT2D eigenvalue weighted by Crippen LogP contribution is 2.32. The predicted octanol–water partition coefficient (Wildman–Crippen LogP) is 3.82. The minimum Gasteiger partial charge on any atom is -0.372 e. The molecule has 2 atom stereocenters. The summed E-state index contributed by atoms with van der Waals surface area (Å²) in [4.78, 5) is 22.0. The lowest BCUT2D eigenvalue weighted by atomic mass is 10.1. The van der Waals surface area contributed by atoms with Gasteiger partial charge in [-0.15, -0.1) is 11.3 Å². The smallest absolute Gasteiger partial charge is 0.259 e. The predicted molar refractivity (Wildman–Crippen MR) is 101 cm³/mol. The van der Waals surface area contributed by atoms with Crippen molar-refractivity contribution >= 4 is 28.3 Å². The fourth-order valence-corrected chi connectivity index (χ4v) is 4.30. The third-order valence-corrected chi connectivity index (χ3v) is 5.57. The number of thiophene rings is 1. The van der Waals surface area contributed by atoms with E-state index in [0.717, 1.165) is 10.6 Å². The average molecular weight is 371 g/mol. The number of aryl methyl sites for hydroxylation is 2. The molecule has 3 aromatic rings. The van der Waals surface area contributed by atoms with Crippen molar-refractivity contribution in [2.24, 2.45) is 0 Å². The van der Waals surface area contributed by atoms with Gasteiger partial charge in [0.05, 0.1) is 39.4 Å². The van der Waals surface area contributed by atoms with Crippen LogP contribution in [0.4, 0.5) is 0 Å². The molecule has 0 radical (unpaired) electrons. The normalized spacial score (nSPS) is 20.7. The second-order valence-electron chi connectivity index (χ2n) is 6.88.